The summed E-state index contributed by atoms with van der Waals surface area (Å²) in [5.74, 6) is -0.0834. The van der Waals surface area contributed by atoms with E-state index >= 15 is 0 Å². The molecule has 2 saturated carbocycles. The Bertz CT molecular complexity index is 349. The van der Waals surface area contributed by atoms with Gasteiger partial charge in [-0.1, -0.05) is 40.5 Å². The summed E-state index contributed by atoms with van der Waals surface area (Å²) in [6.07, 6.45) is 5.79. The number of carbonyl (C=O) groups excluding carboxylic acids is 2. The first-order valence-corrected chi connectivity index (χ1v) is 8.64. The van der Waals surface area contributed by atoms with Gasteiger partial charge in [-0.3, -0.25) is 0 Å². The van der Waals surface area contributed by atoms with Gasteiger partial charge in [0.05, 0.1) is 0 Å². The molecule has 0 spiro atoms. The average Bonchev–Trinajstić information content (AvgIpc) is 2.38. The fourth-order valence-corrected chi connectivity index (χ4v) is 4.03. The van der Waals surface area contributed by atoms with E-state index in [9.17, 15) is 19.8 Å². The van der Waals surface area contributed by atoms with Crippen molar-refractivity contribution in [2.24, 2.45) is 35.5 Å². The topological polar surface area (TPSA) is 80.3 Å². The fraction of sp³-hybridized carbons (Fsp3) is 0.889. The Balaban J connectivity index is 0.000000403. The third kappa shape index (κ3) is 7.33. The van der Waals surface area contributed by atoms with Crippen molar-refractivity contribution in [3.8, 4) is 0 Å². The van der Waals surface area contributed by atoms with Gasteiger partial charge < -0.3 is 19.8 Å². The van der Waals surface area contributed by atoms with E-state index in [2.05, 4.69) is 13.8 Å². The molecule has 0 amide bonds. The quantitative estimate of drug-likeness (QED) is 0.687. The van der Waals surface area contributed by atoms with Gasteiger partial charge >= 0.3 is 19.5 Å². The molecule has 0 N–H and O–H groups in total. The Hall–Kier alpha value is -0.437. The van der Waals surface area contributed by atoms with E-state index < -0.39 is 11.9 Å². The first kappa shape index (κ1) is 22.6. The van der Waals surface area contributed by atoms with Gasteiger partial charge in [-0.25, -0.2) is 0 Å². The summed E-state index contributed by atoms with van der Waals surface area (Å²) >= 11 is 0. The van der Waals surface area contributed by atoms with Crippen LogP contribution in [0, 0.1) is 35.5 Å². The molecule has 2 rings (SSSR count). The molecule has 2 aliphatic carbocycles. The molecule has 0 aromatic carbocycles. The average molecular weight is 376 g/mol. The largest absolute Gasteiger partial charge is 2.00 e. The van der Waals surface area contributed by atoms with Crippen molar-refractivity contribution in [3.63, 3.8) is 0 Å². The monoisotopic (exact) mass is 374 g/mol. The molecule has 4 nitrogen and oxygen atoms in total. The van der Waals surface area contributed by atoms with E-state index in [4.69, 9.17) is 0 Å². The van der Waals surface area contributed by atoms with Crippen molar-refractivity contribution in [2.45, 2.75) is 66.2 Å². The van der Waals surface area contributed by atoms with Crippen LogP contribution in [0.15, 0.2) is 0 Å². The van der Waals surface area contributed by atoms with Gasteiger partial charge in [0.1, 0.15) is 0 Å². The number of carbonyl (C=O) groups is 2. The third-order valence-electron chi connectivity index (χ3n) is 5.47. The standard InChI is InChI=1S/2C9H16O2.Zn/c2*1-6-3-4-8(9(10)11)7(2)5-6;/h2*6-8H,3-5H2,1-2H3,(H,10,11);/q;;+2/p-2. The zero-order valence-corrected chi connectivity index (χ0v) is 18.0. The van der Waals surface area contributed by atoms with E-state index in [1.807, 2.05) is 13.8 Å². The SMILES string of the molecule is CC1CCC(C(=O)[O-])C(C)C1.CC1CCC(C(=O)[O-])C(C)C1.[Zn+2]. The zero-order valence-electron chi connectivity index (χ0n) is 15.0. The van der Waals surface area contributed by atoms with Crippen LogP contribution in [0.2, 0.25) is 0 Å². The number of rotatable bonds is 2. The van der Waals surface area contributed by atoms with Crippen LogP contribution in [0.4, 0.5) is 0 Å². The second-order valence-electron chi connectivity index (χ2n) is 7.64. The molecule has 0 heterocycles. The zero-order chi connectivity index (χ0) is 16.9. The molecule has 0 radical (unpaired) electrons. The molecular weight excluding hydrogens is 346 g/mol. The number of hydrogen-bond donors (Lipinski definition) is 0. The van der Waals surface area contributed by atoms with Crippen LogP contribution in [0.1, 0.15) is 66.2 Å². The van der Waals surface area contributed by atoms with Gasteiger partial charge in [0.25, 0.3) is 0 Å². The van der Waals surface area contributed by atoms with E-state index in [1.54, 1.807) is 0 Å². The Labute approximate surface area is 153 Å². The molecule has 6 atom stereocenters. The predicted molar refractivity (Wildman–Crippen MR) is 81.4 cm³/mol. The summed E-state index contributed by atoms with van der Waals surface area (Å²) in [7, 11) is 0. The second-order valence-corrected chi connectivity index (χ2v) is 7.64. The van der Waals surface area contributed by atoms with Gasteiger partial charge in [0, 0.05) is 23.8 Å². The Morgan fingerprint density at radius 2 is 1.00 bits per heavy atom. The van der Waals surface area contributed by atoms with Gasteiger partial charge in [-0.05, 0) is 49.4 Å². The van der Waals surface area contributed by atoms with Crippen LogP contribution >= 0.6 is 0 Å². The van der Waals surface area contributed by atoms with Crippen LogP contribution in [0.5, 0.6) is 0 Å². The molecule has 128 valence electrons. The van der Waals surface area contributed by atoms with Crippen LogP contribution < -0.4 is 10.2 Å². The molecule has 23 heavy (non-hydrogen) atoms. The predicted octanol–water partition coefficient (Wildman–Crippen LogP) is 1.61. The summed E-state index contributed by atoms with van der Waals surface area (Å²) in [6, 6.07) is 0. The molecular formula is C18H30O4Zn. The third-order valence-corrected chi connectivity index (χ3v) is 5.47. The number of carboxylic acid groups (broad SMARTS) is 2. The maximum atomic E-state index is 10.6. The van der Waals surface area contributed by atoms with E-state index in [-0.39, 0.29) is 31.3 Å². The van der Waals surface area contributed by atoms with E-state index in [1.165, 1.54) is 0 Å². The smallest absolute Gasteiger partial charge is 0.550 e. The van der Waals surface area contributed by atoms with E-state index in [0.29, 0.717) is 23.7 Å². The first-order chi connectivity index (χ1) is 10.2. The van der Waals surface area contributed by atoms with Crippen LogP contribution in [-0.4, -0.2) is 11.9 Å². The molecule has 0 aliphatic heterocycles. The molecule has 0 aromatic heterocycles. The summed E-state index contributed by atoms with van der Waals surface area (Å²) in [4.78, 5) is 21.1. The van der Waals surface area contributed by atoms with Crippen molar-refractivity contribution >= 4 is 11.9 Å². The minimum Gasteiger partial charge on any atom is -0.550 e. The van der Waals surface area contributed by atoms with Crippen molar-refractivity contribution in [1.82, 2.24) is 0 Å². The Kier molecular flexibility index (Phi) is 10.2. The van der Waals surface area contributed by atoms with Crippen LogP contribution in [0.3, 0.4) is 0 Å². The maximum absolute atomic E-state index is 10.6. The number of hydrogen-bond acceptors (Lipinski definition) is 4. The normalized spacial score (nSPS) is 36.9. The first-order valence-electron chi connectivity index (χ1n) is 8.64. The summed E-state index contributed by atoms with van der Waals surface area (Å²) in [6.45, 7) is 8.39. The minimum atomic E-state index is -0.857. The Morgan fingerprint density at radius 3 is 1.22 bits per heavy atom. The maximum Gasteiger partial charge on any atom is 2.00 e. The number of carboxylic acids is 2. The van der Waals surface area contributed by atoms with Crippen LogP contribution in [0.25, 0.3) is 0 Å². The molecule has 6 unspecified atom stereocenters. The molecule has 2 fully saturated rings. The van der Waals surface area contributed by atoms with Crippen molar-refractivity contribution < 1.29 is 39.3 Å². The molecule has 0 bridgehead atoms. The van der Waals surface area contributed by atoms with Gasteiger partial charge in [-0.2, -0.15) is 0 Å². The summed E-state index contributed by atoms with van der Waals surface area (Å²) in [5.41, 5.74) is 0. The molecule has 5 heteroatoms. The summed E-state index contributed by atoms with van der Waals surface area (Å²) < 4.78 is 0. The molecule has 0 aromatic rings. The van der Waals surface area contributed by atoms with Gasteiger partial charge in [0.2, 0.25) is 0 Å². The fourth-order valence-electron chi connectivity index (χ4n) is 4.03. The van der Waals surface area contributed by atoms with Gasteiger partial charge in [0.15, 0.2) is 0 Å². The molecule has 2 aliphatic rings. The second kappa shape index (κ2) is 10.4. The number of aliphatic carboxylic acids is 2. The van der Waals surface area contributed by atoms with Gasteiger partial charge in [-0.15, -0.1) is 0 Å². The van der Waals surface area contributed by atoms with Crippen LogP contribution in [-0.2, 0) is 29.1 Å². The van der Waals surface area contributed by atoms with Crippen molar-refractivity contribution in [3.05, 3.63) is 0 Å². The van der Waals surface area contributed by atoms with Crippen molar-refractivity contribution in [1.29, 1.82) is 0 Å². The van der Waals surface area contributed by atoms with Crippen molar-refractivity contribution in [2.75, 3.05) is 0 Å². The minimum absolute atomic E-state index is 0. The Morgan fingerprint density at radius 1 is 0.696 bits per heavy atom. The van der Waals surface area contributed by atoms with E-state index in [0.717, 1.165) is 38.5 Å². The molecule has 0 saturated heterocycles. The summed E-state index contributed by atoms with van der Waals surface area (Å²) in [5, 5.41) is 21.1.